The number of nitrogens with two attached hydrogens (primary N) is 1. The van der Waals surface area contributed by atoms with Crippen LogP contribution in [0.1, 0.15) is 44.3 Å². The summed E-state index contributed by atoms with van der Waals surface area (Å²) < 4.78 is 8.81. The highest BCUT2D eigenvalue weighted by molar-refractivity contribution is 9.10. The van der Waals surface area contributed by atoms with Crippen molar-refractivity contribution in [2.24, 2.45) is 12.8 Å². The van der Waals surface area contributed by atoms with E-state index in [-0.39, 0.29) is 11.6 Å². The zero-order valence-corrected chi connectivity index (χ0v) is 12.0. The van der Waals surface area contributed by atoms with E-state index >= 15 is 0 Å². The number of nitrogens with zero attached hydrogens (tertiary/aromatic N) is 2. The van der Waals surface area contributed by atoms with Crippen LogP contribution in [0, 0.1) is 0 Å². The van der Waals surface area contributed by atoms with Gasteiger partial charge in [0.1, 0.15) is 0 Å². The molecule has 0 amide bonds. The summed E-state index contributed by atoms with van der Waals surface area (Å²) >= 11 is 3.52. The van der Waals surface area contributed by atoms with Crippen molar-refractivity contribution in [2.45, 2.75) is 44.2 Å². The van der Waals surface area contributed by atoms with Crippen LogP contribution in [0.2, 0.25) is 0 Å². The van der Waals surface area contributed by atoms with Crippen molar-refractivity contribution in [1.82, 2.24) is 9.78 Å². The molecule has 0 saturated heterocycles. The number of aromatic nitrogens is 2. The standard InChI is InChI=1S/C12H20BrN3O/c1-3-17-12(6-4-5-7-12)11(14)10-9(13)8-15-16(10)2/h8,11H,3-7,14H2,1-2H3. The Morgan fingerprint density at radius 1 is 1.59 bits per heavy atom. The van der Waals surface area contributed by atoms with Gasteiger partial charge in [0, 0.05) is 13.7 Å². The average Bonchev–Trinajstić information content (AvgIpc) is 2.88. The van der Waals surface area contributed by atoms with E-state index in [2.05, 4.69) is 21.0 Å². The van der Waals surface area contributed by atoms with Gasteiger partial charge in [0.15, 0.2) is 0 Å². The summed E-state index contributed by atoms with van der Waals surface area (Å²) in [6, 6.07) is -0.119. The predicted octanol–water partition coefficient (Wildman–Crippen LogP) is 2.53. The summed E-state index contributed by atoms with van der Waals surface area (Å²) in [5, 5.41) is 4.23. The fraction of sp³-hybridized carbons (Fsp3) is 0.750. The summed E-state index contributed by atoms with van der Waals surface area (Å²) in [5.74, 6) is 0. The van der Waals surface area contributed by atoms with Crippen molar-refractivity contribution in [3.63, 3.8) is 0 Å². The molecule has 0 spiro atoms. The van der Waals surface area contributed by atoms with E-state index in [9.17, 15) is 0 Å². The van der Waals surface area contributed by atoms with Gasteiger partial charge in [0.2, 0.25) is 0 Å². The van der Waals surface area contributed by atoms with E-state index in [0.29, 0.717) is 6.61 Å². The molecule has 17 heavy (non-hydrogen) atoms. The van der Waals surface area contributed by atoms with E-state index < -0.39 is 0 Å². The Balaban J connectivity index is 2.31. The maximum Gasteiger partial charge on any atom is 0.0889 e. The summed E-state index contributed by atoms with van der Waals surface area (Å²) in [7, 11) is 1.93. The lowest BCUT2D eigenvalue weighted by atomic mass is 9.90. The van der Waals surface area contributed by atoms with E-state index in [1.165, 1.54) is 12.8 Å². The Kier molecular flexibility index (Phi) is 3.90. The van der Waals surface area contributed by atoms with Crippen LogP contribution in [0.15, 0.2) is 10.7 Å². The molecule has 1 saturated carbocycles. The molecule has 1 aromatic heterocycles. The fourth-order valence-corrected chi connectivity index (χ4v) is 3.42. The third kappa shape index (κ3) is 2.28. The van der Waals surface area contributed by atoms with Crippen LogP contribution in [0.5, 0.6) is 0 Å². The summed E-state index contributed by atoms with van der Waals surface area (Å²) in [4.78, 5) is 0. The second-order valence-corrected chi connectivity index (χ2v) is 5.54. The highest BCUT2D eigenvalue weighted by atomic mass is 79.9. The highest BCUT2D eigenvalue weighted by Gasteiger charge is 2.42. The Morgan fingerprint density at radius 2 is 2.24 bits per heavy atom. The average molecular weight is 302 g/mol. The van der Waals surface area contributed by atoms with Crippen LogP contribution in [-0.2, 0) is 11.8 Å². The third-order valence-electron chi connectivity index (χ3n) is 3.68. The van der Waals surface area contributed by atoms with Gasteiger partial charge in [-0.1, -0.05) is 12.8 Å². The summed E-state index contributed by atoms with van der Waals surface area (Å²) in [6.45, 7) is 2.74. The molecule has 1 aliphatic rings. The number of hydrogen-bond donors (Lipinski definition) is 1. The van der Waals surface area contributed by atoms with Gasteiger partial charge in [-0.05, 0) is 35.7 Å². The van der Waals surface area contributed by atoms with Gasteiger partial charge in [0.25, 0.3) is 0 Å². The lowest BCUT2D eigenvalue weighted by molar-refractivity contribution is -0.0553. The van der Waals surface area contributed by atoms with Crippen LogP contribution < -0.4 is 5.73 Å². The van der Waals surface area contributed by atoms with Crippen molar-refractivity contribution < 1.29 is 4.74 Å². The van der Waals surface area contributed by atoms with Gasteiger partial charge in [-0.3, -0.25) is 4.68 Å². The van der Waals surface area contributed by atoms with Crippen molar-refractivity contribution in [3.8, 4) is 0 Å². The molecule has 0 aliphatic heterocycles. The molecule has 4 nitrogen and oxygen atoms in total. The van der Waals surface area contributed by atoms with Crippen LogP contribution in [0.4, 0.5) is 0 Å². The molecule has 0 radical (unpaired) electrons. The summed E-state index contributed by atoms with van der Waals surface area (Å²) in [5.41, 5.74) is 7.28. The van der Waals surface area contributed by atoms with Gasteiger partial charge in [0.05, 0.1) is 28.0 Å². The van der Waals surface area contributed by atoms with Crippen LogP contribution in [-0.4, -0.2) is 22.0 Å². The first-order chi connectivity index (χ1) is 8.10. The van der Waals surface area contributed by atoms with E-state index in [4.69, 9.17) is 10.5 Å². The van der Waals surface area contributed by atoms with Crippen molar-refractivity contribution in [2.75, 3.05) is 6.61 Å². The quantitative estimate of drug-likeness (QED) is 0.930. The third-order valence-corrected chi connectivity index (χ3v) is 4.29. The van der Waals surface area contributed by atoms with E-state index in [0.717, 1.165) is 23.0 Å². The van der Waals surface area contributed by atoms with Gasteiger partial charge in [-0.2, -0.15) is 5.10 Å². The number of hydrogen-bond acceptors (Lipinski definition) is 3. The zero-order chi connectivity index (χ0) is 12.5. The highest BCUT2D eigenvalue weighted by Crippen LogP contribution is 2.43. The minimum atomic E-state index is -0.203. The number of halogens is 1. The maximum atomic E-state index is 6.45. The van der Waals surface area contributed by atoms with E-state index in [1.54, 1.807) is 6.20 Å². The Morgan fingerprint density at radius 3 is 2.71 bits per heavy atom. The Labute approximate surface area is 111 Å². The Hall–Kier alpha value is -0.390. The van der Waals surface area contributed by atoms with Gasteiger partial charge in [-0.15, -0.1) is 0 Å². The maximum absolute atomic E-state index is 6.45. The van der Waals surface area contributed by atoms with Crippen LogP contribution in [0.3, 0.4) is 0 Å². The normalized spacial score (nSPS) is 20.7. The lowest BCUT2D eigenvalue weighted by Crippen LogP contribution is -2.42. The van der Waals surface area contributed by atoms with Gasteiger partial charge >= 0.3 is 0 Å². The smallest absolute Gasteiger partial charge is 0.0889 e. The van der Waals surface area contributed by atoms with Crippen LogP contribution >= 0.6 is 15.9 Å². The second kappa shape index (κ2) is 5.08. The van der Waals surface area contributed by atoms with Gasteiger partial charge < -0.3 is 10.5 Å². The zero-order valence-electron chi connectivity index (χ0n) is 10.4. The first kappa shape index (κ1) is 13.1. The first-order valence-electron chi connectivity index (χ1n) is 6.17. The molecule has 2 rings (SSSR count). The molecule has 1 heterocycles. The minimum Gasteiger partial charge on any atom is -0.373 e. The molecule has 1 unspecified atom stereocenters. The number of ether oxygens (including phenoxy) is 1. The molecule has 5 heteroatoms. The second-order valence-electron chi connectivity index (χ2n) is 4.68. The number of rotatable bonds is 4. The van der Waals surface area contributed by atoms with E-state index in [1.807, 2.05) is 18.7 Å². The molecule has 96 valence electrons. The topological polar surface area (TPSA) is 53.1 Å². The lowest BCUT2D eigenvalue weighted by Gasteiger charge is -2.35. The van der Waals surface area contributed by atoms with Crippen molar-refractivity contribution in [1.29, 1.82) is 0 Å². The molecule has 0 aromatic carbocycles. The van der Waals surface area contributed by atoms with Crippen molar-refractivity contribution >= 4 is 15.9 Å². The molecule has 1 aliphatic carbocycles. The minimum absolute atomic E-state index is 0.119. The molecule has 2 N–H and O–H groups in total. The molecule has 1 atom stereocenters. The van der Waals surface area contributed by atoms with Crippen molar-refractivity contribution in [3.05, 3.63) is 16.4 Å². The molecule has 1 aromatic rings. The molecule has 1 fully saturated rings. The first-order valence-corrected chi connectivity index (χ1v) is 6.97. The fourth-order valence-electron chi connectivity index (χ4n) is 2.83. The molecular formula is C12H20BrN3O. The molecule has 0 bridgehead atoms. The Bertz CT molecular complexity index is 366. The van der Waals surface area contributed by atoms with Crippen LogP contribution in [0.25, 0.3) is 0 Å². The number of aryl methyl sites for hydroxylation is 1. The SMILES string of the molecule is CCOC1(C(N)c2c(Br)cnn2C)CCCC1. The monoisotopic (exact) mass is 301 g/mol. The largest absolute Gasteiger partial charge is 0.373 e. The molecular weight excluding hydrogens is 282 g/mol. The predicted molar refractivity (Wildman–Crippen MR) is 70.7 cm³/mol. The van der Waals surface area contributed by atoms with Gasteiger partial charge in [-0.25, -0.2) is 0 Å². The summed E-state index contributed by atoms with van der Waals surface area (Å²) in [6.07, 6.45) is 6.27.